The van der Waals surface area contributed by atoms with E-state index >= 15 is 0 Å². The van der Waals surface area contributed by atoms with Gasteiger partial charge in [0.1, 0.15) is 4.21 Å². The lowest BCUT2D eigenvalue weighted by atomic mass is 10.3. The second kappa shape index (κ2) is 7.59. The Balaban J connectivity index is 2.35. The molecule has 0 spiro atoms. The molecule has 0 radical (unpaired) electrons. The lowest BCUT2D eigenvalue weighted by Crippen LogP contribution is -2.25. The third kappa shape index (κ3) is 6.15. The average molecular weight is 306 g/mol. The van der Waals surface area contributed by atoms with E-state index in [0.29, 0.717) is 18.0 Å². The van der Waals surface area contributed by atoms with Crippen LogP contribution in [0.3, 0.4) is 0 Å². The average Bonchev–Trinajstić information content (AvgIpc) is 2.77. The van der Waals surface area contributed by atoms with Gasteiger partial charge in [-0.1, -0.05) is 0 Å². The number of hydrogen-bond donors (Lipinski definition) is 2. The summed E-state index contributed by atoms with van der Waals surface area (Å²) >= 11 is 1.02. The molecule has 0 unspecified atom stereocenters. The van der Waals surface area contributed by atoms with E-state index in [0.717, 1.165) is 24.2 Å². The summed E-state index contributed by atoms with van der Waals surface area (Å²) in [7, 11) is -2.03. The maximum Gasteiger partial charge on any atom is 0.247 e. The fourth-order valence-corrected chi connectivity index (χ4v) is 3.20. The summed E-state index contributed by atoms with van der Waals surface area (Å²) in [5.74, 6) is -0.125. The molecule has 0 aliphatic rings. The molecule has 0 atom stereocenters. The van der Waals surface area contributed by atoms with Crippen molar-refractivity contribution in [3.63, 3.8) is 0 Å². The summed E-state index contributed by atoms with van der Waals surface area (Å²) in [6, 6.07) is 3.02. The van der Waals surface area contributed by atoms with E-state index in [9.17, 15) is 13.2 Å². The topological polar surface area (TPSA) is 98.5 Å². The van der Waals surface area contributed by atoms with Gasteiger partial charge < -0.3 is 10.1 Å². The van der Waals surface area contributed by atoms with Gasteiger partial charge in [0.25, 0.3) is 0 Å². The highest BCUT2D eigenvalue weighted by Crippen LogP contribution is 2.20. The first-order chi connectivity index (χ1) is 8.93. The van der Waals surface area contributed by atoms with Crippen LogP contribution >= 0.6 is 11.3 Å². The van der Waals surface area contributed by atoms with Crippen molar-refractivity contribution in [3.8, 4) is 0 Å². The molecule has 1 amide bonds. The second-order valence-corrected chi connectivity index (χ2v) is 6.95. The molecule has 1 aromatic rings. The standard InChI is InChI=1S/C11H18N2O4S2/c1-17-7-3-2-6-13-10(14)8-9-4-5-11(18-9)19(12,15)16/h4-5H,2-3,6-8H2,1H3,(H,13,14)(H2,12,15,16). The van der Waals surface area contributed by atoms with Gasteiger partial charge in [-0.25, -0.2) is 13.6 Å². The minimum atomic E-state index is -3.67. The van der Waals surface area contributed by atoms with E-state index in [-0.39, 0.29) is 16.5 Å². The number of thiophene rings is 1. The highest BCUT2D eigenvalue weighted by molar-refractivity contribution is 7.91. The molecule has 3 N–H and O–H groups in total. The van der Waals surface area contributed by atoms with Crippen molar-refractivity contribution in [1.82, 2.24) is 5.32 Å². The van der Waals surface area contributed by atoms with Gasteiger partial charge in [-0.2, -0.15) is 0 Å². The van der Waals surface area contributed by atoms with Crippen LogP contribution in [0.4, 0.5) is 0 Å². The van der Waals surface area contributed by atoms with Gasteiger partial charge in [-0.3, -0.25) is 4.79 Å². The predicted molar refractivity (Wildman–Crippen MR) is 73.5 cm³/mol. The van der Waals surface area contributed by atoms with Crippen LogP contribution in [0.1, 0.15) is 17.7 Å². The van der Waals surface area contributed by atoms with Gasteiger partial charge in [-0.05, 0) is 25.0 Å². The lowest BCUT2D eigenvalue weighted by Gasteiger charge is -2.03. The summed E-state index contributed by atoms with van der Waals surface area (Å²) in [6.07, 6.45) is 1.92. The molecule has 8 heteroatoms. The molecule has 0 fully saturated rings. The molecule has 0 aliphatic heterocycles. The molecule has 108 valence electrons. The Hall–Kier alpha value is -0.960. The van der Waals surface area contributed by atoms with Crippen molar-refractivity contribution in [1.29, 1.82) is 0 Å². The molecule has 6 nitrogen and oxygen atoms in total. The number of carbonyl (C=O) groups is 1. The number of methoxy groups -OCH3 is 1. The molecule has 19 heavy (non-hydrogen) atoms. The maximum atomic E-state index is 11.6. The molecular formula is C11H18N2O4S2. The smallest absolute Gasteiger partial charge is 0.247 e. The van der Waals surface area contributed by atoms with Crippen LogP contribution in [-0.4, -0.2) is 34.6 Å². The molecule has 0 saturated carbocycles. The van der Waals surface area contributed by atoms with Gasteiger partial charge >= 0.3 is 0 Å². The van der Waals surface area contributed by atoms with E-state index < -0.39 is 10.0 Å². The minimum absolute atomic E-state index is 0.0791. The predicted octanol–water partition coefficient (Wildman–Crippen LogP) is 0.481. The van der Waals surface area contributed by atoms with E-state index in [1.54, 1.807) is 13.2 Å². The molecule has 0 aliphatic carbocycles. The van der Waals surface area contributed by atoms with Crippen molar-refractivity contribution in [2.24, 2.45) is 5.14 Å². The third-order valence-electron chi connectivity index (χ3n) is 2.35. The first kappa shape index (κ1) is 16.1. The number of sulfonamides is 1. The Kier molecular flexibility index (Phi) is 6.43. The summed E-state index contributed by atoms with van der Waals surface area (Å²) < 4.78 is 27.1. The number of nitrogens with two attached hydrogens (primary N) is 1. The first-order valence-electron chi connectivity index (χ1n) is 5.80. The second-order valence-electron chi connectivity index (χ2n) is 3.99. The van der Waals surface area contributed by atoms with Crippen molar-refractivity contribution in [3.05, 3.63) is 17.0 Å². The van der Waals surface area contributed by atoms with Gasteiger partial charge in [0.05, 0.1) is 6.42 Å². The Morgan fingerprint density at radius 1 is 1.42 bits per heavy atom. The SMILES string of the molecule is COCCCCNC(=O)Cc1ccc(S(N)(=O)=O)s1. The van der Waals surface area contributed by atoms with Crippen LogP contribution in [0.15, 0.2) is 16.3 Å². The fourth-order valence-electron chi connectivity index (χ4n) is 1.43. The van der Waals surface area contributed by atoms with E-state index in [4.69, 9.17) is 9.88 Å². The monoisotopic (exact) mass is 306 g/mol. The van der Waals surface area contributed by atoms with Gasteiger partial charge in [0.2, 0.25) is 15.9 Å². The minimum Gasteiger partial charge on any atom is -0.385 e. The summed E-state index contributed by atoms with van der Waals surface area (Å²) in [5, 5.41) is 7.77. The molecule has 1 heterocycles. The van der Waals surface area contributed by atoms with E-state index in [1.807, 2.05) is 0 Å². The van der Waals surface area contributed by atoms with Crippen molar-refractivity contribution in [2.75, 3.05) is 20.3 Å². The number of nitrogens with one attached hydrogen (secondary N) is 1. The van der Waals surface area contributed by atoms with Crippen molar-refractivity contribution >= 4 is 27.3 Å². The van der Waals surface area contributed by atoms with Crippen molar-refractivity contribution in [2.45, 2.75) is 23.5 Å². The lowest BCUT2D eigenvalue weighted by molar-refractivity contribution is -0.120. The molecule has 0 bridgehead atoms. The number of unbranched alkanes of at least 4 members (excludes halogenated alkanes) is 1. The van der Waals surface area contributed by atoms with Crippen LogP contribution in [-0.2, 0) is 26.0 Å². The van der Waals surface area contributed by atoms with Gasteiger partial charge in [0.15, 0.2) is 0 Å². The van der Waals surface area contributed by atoms with Crippen LogP contribution in [0.25, 0.3) is 0 Å². The molecule has 0 aromatic carbocycles. The van der Waals surface area contributed by atoms with E-state index in [2.05, 4.69) is 5.32 Å². The quantitative estimate of drug-likeness (QED) is 0.682. The number of hydrogen-bond acceptors (Lipinski definition) is 5. The Morgan fingerprint density at radius 2 is 2.16 bits per heavy atom. The van der Waals surface area contributed by atoms with E-state index in [1.165, 1.54) is 6.07 Å². The number of primary sulfonamides is 1. The summed E-state index contributed by atoms with van der Waals surface area (Å²) in [4.78, 5) is 12.3. The summed E-state index contributed by atoms with van der Waals surface area (Å²) in [5.41, 5.74) is 0. The van der Waals surface area contributed by atoms with Gasteiger partial charge in [-0.15, -0.1) is 11.3 Å². The highest BCUT2D eigenvalue weighted by atomic mass is 32.2. The Bertz CT molecular complexity index is 511. The first-order valence-corrected chi connectivity index (χ1v) is 8.17. The molecular weight excluding hydrogens is 288 g/mol. The van der Waals surface area contributed by atoms with Crippen LogP contribution in [0.5, 0.6) is 0 Å². The zero-order valence-corrected chi connectivity index (χ0v) is 12.4. The fraction of sp³-hybridized carbons (Fsp3) is 0.545. The third-order valence-corrected chi connectivity index (χ3v) is 4.87. The maximum absolute atomic E-state index is 11.6. The largest absolute Gasteiger partial charge is 0.385 e. The van der Waals surface area contributed by atoms with Crippen LogP contribution in [0, 0.1) is 0 Å². The number of amides is 1. The number of ether oxygens (including phenoxy) is 1. The zero-order chi connectivity index (χ0) is 14.3. The van der Waals surface area contributed by atoms with Crippen molar-refractivity contribution < 1.29 is 17.9 Å². The number of rotatable bonds is 8. The molecule has 1 rings (SSSR count). The molecule has 0 saturated heterocycles. The highest BCUT2D eigenvalue weighted by Gasteiger charge is 2.12. The summed E-state index contributed by atoms with van der Waals surface area (Å²) in [6.45, 7) is 1.27. The number of carbonyl (C=O) groups excluding carboxylic acids is 1. The van der Waals surface area contributed by atoms with Crippen LogP contribution in [0.2, 0.25) is 0 Å². The molecule has 1 aromatic heterocycles. The Labute approximate surface area is 117 Å². The Morgan fingerprint density at radius 3 is 2.74 bits per heavy atom. The van der Waals surface area contributed by atoms with Crippen LogP contribution < -0.4 is 10.5 Å². The normalized spacial score (nSPS) is 11.5. The van der Waals surface area contributed by atoms with Gasteiger partial charge in [0, 0.05) is 25.1 Å². The zero-order valence-electron chi connectivity index (χ0n) is 10.7.